The molecule has 0 aromatic heterocycles. The first-order valence-corrected chi connectivity index (χ1v) is 7.91. The Hall–Kier alpha value is -1.71. The first-order chi connectivity index (χ1) is 10.1. The minimum Gasteiger partial charge on any atom is -0.491 e. The van der Waals surface area contributed by atoms with E-state index >= 15 is 0 Å². The lowest BCUT2D eigenvalue weighted by atomic mass is 9.96. The molecule has 0 spiro atoms. The van der Waals surface area contributed by atoms with Crippen LogP contribution in [0.1, 0.15) is 40.0 Å². The maximum absolute atomic E-state index is 12.3. The van der Waals surface area contributed by atoms with Crippen molar-refractivity contribution in [1.29, 1.82) is 0 Å². The predicted octanol–water partition coefficient (Wildman–Crippen LogP) is 4.13. The summed E-state index contributed by atoms with van der Waals surface area (Å²) >= 11 is 0. The van der Waals surface area contributed by atoms with Gasteiger partial charge in [0, 0.05) is 18.8 Å². The summed E-state index contributed by atoms with van der Waals surface area (Å²) in [7, 11) is 0. The predicted molar refractivity (Wildman–Crippen MR) is 85.8 cm³/mol. The Balaban J connectivity index is 1.90. The number of hydrogen-bond donors (Lipinski definition) is 1. The van der Waals surface area contributed by atoms with Crippen molar-refractivity contribution < 1.29 is 9.53 Å². The molecule has 1 aliphatic heterocycles. The molecule has 1 heterocycles. The number of nitrogens with zero attached hydrogens (tertiary/aromatic N) is 1. The Morgan fingerprint density at radius 2 is 2.10 bits per heavy atom. The number of urea groups is 1. The molecule has 1 N–H and O–H groups in total. The molecule has 4 nitrogen and oxygen atoms in total. The lowest BCUT2D eigenvalue weighted by molar-refractivity contribution is 0.176. The highest BCUT2D eigenvalue weighted by Crippen LogP contribution is 2.21. The van der Waals surface area contributed by atoms with Gasteiger partial charge >= 0.3 is 6.03 Å². The van der Waals surface area contributed by atoms with Crippen LogP contribution in [0.2, 0.25) is 0 Å². The maximum atomic E-state index is 12.3. The molecule has 2 amide bonds. The summed E-state index contributed by atoms with van der Waals surface area (Å²) in [6.45, 7) is 7.92. The second-order valence-electron chi connectivity index (χ2n) is 5.98. The molecule has 0 saturated carbocycles. The molecule has 116 valence electrons. The van der Waals surface area contributed by atoms with E-state index in [0.717, 1.165) is 37.4 Å². The Bertz CT molecular complexity index is 456. The number of anilines is 1. The van der Waals surface area contributed by atoms with Gasteiger partial charge in [-0.25, -0.2) is 4.79 Å². The summed E-state index contributed by atoms with van der Waals surface area (Å²) in [6, 6.07) is 7.56. The lowest BCUT2D eigenvalue weighted by Crippen LogP contribution is -2.42. The van der Waals surface area contributed by atoms with Crippen LogP contribution in [0.15, 0.2) is 24.3 Å². The minimum absolute atomic E-state index is 0.00526. The summed E-state index contributed by atoms with van der Waals surface area (Å²) in [5.41, 5.74) is 0.815. The topological polar surface area (TPSA) is 41.6 Å². The van der Waals surface area contributed by atoms with Crippen molar-refractivity contribution >= 4 is 11.7 Å². The monoisotopic (exact) mass is 290 g/mol. The number of piperidine rings is 1. The highest BCUT2D eigenvalue weighted by Gasteiger charge is 2.22. The molecular weight excluding hydrogens is 264 g/mol. The van der Waals surface area contributed by atoms with Crippen LogP contribution in [-0.4, -0.2) is 30.1 Å². The lowest BCUT2D eigenvalue weighted by Gasteiger charge is -2.32. The summed E-state index contributed by atoms with van der Waals surface area (Å²) in [5.74, 6) is 1.47. The Morgan fingerprint density at radius 1 is 1.38 bits per heavy atom. The third kappa shape index (κ3) is 4.66. The second kappa shape index (κ2) is 7.34. The second-order valence-corrected chi connectivity index (χ2v) is 5.98. The van der Waals surface area contributed by atoms with Gasteiger partial charge in [-0.15, -0.1) is 0 Å². The van der Waals surface area contributed by atoms with Gasteiger partial charge in [0.1, 0.15) is 5.75 Å². The highest BCUT2D eigenvalue weighted by molar-refractivity contribution is 5.89. The van der Waals surface area contributed by atoms with Crippen LogP contribution in [0.4, 0.5) is 10.5 Å². The quantitative estimate of drug-likeness (QED) is 0.906. The van der Waals surface area contributed by atoms with Gasteiger partial charge < -0.3 is 15.0 Å². The van der Waals surface area contributed by atoms with Gasteiger partial charge in [-0.3, -0.25) is 0 Å². The average Bonchev–Trinajstić information content (AvgIpc) is 2.49. The van der Waals surface area contributed by atoms with Crippen LogP contribution >= 0.6 is 0 Å². The Labute approximate surface area is 127 Å². The van der Waals surface area contributed by atoms with Gasteiger partial charge in [0.15, 0.2) is 0 Å². The highest BCUT2D eigenvalue weighted by atomic mass is 16.5. The number of carbonyl (C=O) groups excluding carboxylic acids is 1. The number of benzene rings is 1. The molecule has 1 aromatic carbocycles. The number of amides is 2. The molecule has 0 radical (unpaired) electrons. The van der Waals surface area contributed by atoms with Crippen molar-refractivity contribution in [2.24, 2.45) is 5.92 Å². The molecule has 1 atom stereocenters. The van der Waals surface area contributed by atoms with Crippen molar-refractivity contribution in [3.8, 4) is 5.75 Å². The number of likely N-dealkylation sites (tertiary alicyclic amines) is 1. The summed E-state index contributed by atoms with van der Waals surface area (Å²) in [5, 5.41) is 2.97. The Morgan fingerprint density at radius 3 is 2.71 bits per heavy atom. The van der Waals surface area contributed by atoms with E-state index in [1.54, 1.807) is 0 Å². The van der Waals surface area contributed by atoms with E-state index < -0.39 is 0 Å². The van der Waals surface area contributed by atoms with Gasteiger partial charge in [0.2, 0.25) is 0 Å². The average molecular weight is 290 g/mol. The van der Waals surface area contributed by atoms with Crippen molar-refractivity contribution in [3.63, 3.8) is 0 Å². The largest absolute Gasteiger partial charge is 0.491 e. The Kier molecular flexibility index (Phi) is 5.48. The van der Waals surface area contributed by atoms with Crippen LogP contribution in [0.5, 0.6) is 5.75 Å². The minimum atomic E-state index is 0.00526. The summed E-state index contributed by atoms with van der Waals surface area (Å²) in [6.07, 6.45) is 3.64. The molecule has 0 bridgehead atoms. The van der Waals surface area contributed by atoms with Crippen LogP contribution in [0.3, 0.4) is 0 Å². The zero-order valence-electron chi connectivity index (χ0n) is 13.3. The number of rotatable bonds is 4. The van der Waals surface area contributed by atoms with E-state index in [1.165, 1.54) is 6.42 Å². The first kappa shape index (κ1) is 15.7. The first-order valence-electron chi connectivity index (χ1n) is 7.91. The van der Waals surface area contributed by atoms with Crippen molar-refractivity contribution in [1.82, 2.24) is 4.90 Å². The third-order valence-electron chi connectivity index (χ3n) is 3.86. The van der Waals surface area contributed by atoms with E-state index in [4.69, 9.17) is 4.74 Å². The van der Waals surface area contributed by atoms with Gasteiger partial charge in [0.05, 0.1) is 6.10 Å². The number of hydrogen-bond acceptors (Lipinski definition) is 2. The number of ether oxygens (including phenoxy) is 1. The van der Waals surface area contributed by atoms with Crippen molar-refractivity contribution in [3.05, 3.63) is 24.3 Å². The molecule has 21 heavy (non-hydrogen) atoms. The van der Waals surface area contributed by atoms with Gasteiger partial charge in [-0.1, -0.05) is 13.3 Å². The van der Waals surface area contributed by atoms with E-state index in [0.29, 0.717) is 5.92 Å². The zero-order valence-corrected chi connectivity index (χ0v) is 13.3. The van der Waals surface area contributed by atoms with Crippen molar-refractivity contribution in [2.45, 2.75) is 46.1 Å². The van der Waals surface area contributed by atoms with Crippen LogP contribution in [0.25, 0.3) is 0 Å². The molecule has 1 aliphatic rings. The van der Waals surface area contributed by atoms with Gasteiger partial charge in [0.25, 0.3) is 0 Å². The fraction of sp³-hybridized carbons (Fsp3) is 0.588. The molecule has 1 unspecified atom stereocenters. The van der Waals surface area contributed by atoms with Gasteiger partial charge in [-0.05, 0) is 56.9 Å². The van der Waals surface area contributed by atoms with Crippen LogP contribution in [-0.2, 0) is 0 Å². The summed E-state index contributed by atoms with van der Waals surface area (Å²) in [4.78, 5) is 14.2. The van der Waals surface area contributed by atoms with E-state index in [9.17, 15) is 4.79 Å². The molecule has 2 rings (SSSR count). The maximum Gasteiger partial charge on any atom is 0.321 e. The van der Waals surface area contributed by atoms with Crippen LogP contribution in [0, 0.1) is 5.92 Å². The fourth-order valence-electron chi connectivity index (χ4n) is 2.67. The number of nitrogens with one attached hydrogen (secondary N) is 1. The summed E-state index contributed by atoms with van der Waals surface area (Å²) < 4.78 is 5.60. The fourth-order valence-corrected chi connectivity index (χ4v) is 2.67. The van der Waals surface area contributed by atoms with E-state index in [-0.39, 0.29) is 12.1 Å². The molecule has 4 heteroatoms. The molecule has 0 aliphatic carbocycles. The molecule has 1 fully saturated rings. The van der Waals surface area contributed by atoms with E-state index in [2.05, 4.69) is 12.2 Å². The third-order valence-corrected chi connectivity index (χ3v) is 3.86. The normalized spacial score (nSPS) is 18.7. The standard InChI is InChI=1S/C17H26N2O2/c1-4-14-6-5-11-19(12-14)17(20)18-15-7-9-16(10-8-15)21-13(2)3/h7-10,13-14H,4-6,11-12H2,1-3H3,(H,18,20). The van der Waals surface area contributed by atoms with Crippen LogP contribution < -0.4 is 10.1 Å². The smallest absolute Gasteiger partial charge is 0.321 e. The molecule has 1 saturated heterocycles. The van der Waals surface area contributed by atoms with E-state index in [1.807, 2.05) is 43.0 Å². The van der Waals surface area contributed by atoms with Gasteiger partial charge in [-0.2, -0.15) is 0 Å². The zero-order chi connectivity index (χ0) is 15.2. The number of carbonyl (C=O) groups is 1. The van der Waals surface area contributed by atoms with Crippen molar-refractivity contribution in [2.75, 3.05) is 18.4 Å². The SMILES string of the molecule is CCC1CCCN(C(=O)Nc2ccc(OC(C)C)cc2)C1. The molecular formula is C17H26N2O2. The molecule has 1 aromatic rings.